The fourth-order valence-electron chi connectivity index (χ4n) is 1.29. The quantitative estimate of drug-likeness (QED) is 0.721. The average Bonchev–Trinajstić information content (AvgIpc) is 2.18. The largest absolute Gasteiger partial charge is 0.497 e. The molecule has 1 aromatic rings. The van der Waals surface area contributed by atoms with Crippen molar-refractivity contribution in [2.24, 2.45) is 0 Å². The molecule has 1 rings (SSSR count). The first-order valence-electron chi connectivity index (χ1n) is 4.62. The molecule has 0 heterocycles. The topological polar surface area (TPSA) is 9.23 Å². The van der Waals surface area contributed by atoms with E-state index in [1.54, 1.807) is 19.1 Å². The van der Waals surface area contributed by atoms with Crippen LogP contribution >= 0.6 is 0 Å². The summed E-state index contributed by atoms with van der Waals surface area (Å²) in [4.78, 5) is 0. The number of alkyl halides is 2. The van der Waals surface area contributed by atoms with Crippen LogP contribution in [0.3, 0.4) is 0 Å². The number of halogens is 2. The van der Waals surface area contributed by atoms with E-state index in [9.17, 15) is 8.78 Å². The van der Waals surface area contributed by atoms with Crippen LogP contribution in [0.4, 0.5) is 8.78 Å². The van der Waals surface area contributed by atoms with Crippen molar-refractivity contribution >= 4 is 0 Å². The zero-order valence-electron chi connectivity index (χ0n) is 8.39. The Labute approximate surface area is 82.7 Å². The van der Waals surface area contributed by atoms with Gasteiger partial charge in [0.2, 0.25) is 0 Å². The van der Waals surface area contributed by atoms with Gasteiger partial charge in [-0.25, -0.2) is 8.78 Å². The minimum Gasteiger partial charge on any atom is -0.497 e. The van der Waals surface area contributed by atoms with Crippen LogP contribution in [0.25, 0.3) is 0 Å². The molecule has 3 heteroatoms. The van der Waals surface area contributed by atoms with Crippen molar-refractivity contribution in [3.63, 3.8) is 0 Å². The molecular formula is C11H14F2O. The lowest BCUT2D eigenvalue weighted by atomic mass is 10.0. The lowest BCUT2D eigenvalue weighted by molar-refractivity contribution is -0.0140. The van der Waals surface area contributed by atoms with Crippen molar-refractivity contribution < 1.29 is 13.5 Å². The second-order valence-corrected chi connectivity index (χ2v) is 3.18. The molecule has 78 valence electrons. The number of methoxy groups -OCH3 is 1. The average molecular weight is 200 g/mol. The minimum absolute atomic E-state index is 0.0557. The molecule has 1 aromatic carbocycles. The summed E-state index contributed by atoms with van der Waals surface area (Å²) in [6.45, 7) is 1.75. The van der Waals surface area contributed by atoms with Gasteiger partial charge in [-0.15, -0.1) is 0 Å². The Morgan fingerprint density at radius 2 is 1.79 bits per heavy atom. The van der Waals surface area contributed by atoms with Crippen LogP contribution in [0, 0.1) is 0 Å². The smallest absolute Gasteiger partial charge is 0.273 e. The summed E-state index contributed by atoms with van der Waals surface area (Å²) >= 11 is 0. The highest BCUT2D eigenvalue weighted by atomic mass is 19.3. The van der Waals surface area contributed by atoms with Gasteiger partial charge in [-0.3, -0.25) is 0 Å². The van der Waals surface area contributed by atoms with Crippen LogP contribution in [-0.4, -0.2) is 7.11 Å². The summed E-state index contributed by atoms with van der Waals surface area (Å²) < 4.78 is 31.6. The monoisotopic (exact) mass is 200 g/mol. The molecule has 0 fully saturated rings. The molecule has 0 aliphatic rings. The van der Waals surface area contributed by atoms with Crippen LogP contribution in [0.15, 0.2) is 24.3 Å². The summed E-state index contributed by atoms with van der Waals surface area (Å²) in [5.74, 6) is -2.12. The summed E-state index contributed by atoms with van der Waals surface area (Å²) in [5, 5.41) is 0. The zero-order valence-corrected chi connectivity index (χ0v) is 8.39. The first kappa shape index (κ1) is 11.0. The second-order valence-electron chi connectivity index (χ2n) is 3.18. The molecule has 1 nitrogen and oxygen atoms in total. The normalized spacial score (nSPS) is 11.4. The molecule has 0 radical (unpaired) electrons. The molecule has 0 saturated heterocycles. The van der Waals surface area contributed by atoms with Crippen LogP contribution in [0.1, 0.15) is 25.3 Å². The molecule has 0 N–H and O–H groups in total. The van der Waals surface area contributed by atoms with Gasteiger partial charge in [0.1, 0.15) is 5.75 Å². The Morgan fingerprint density at radius 3 is 2.21 bits per heavy atom. The van der Waals surface area contributed by atoms with Gasteiger partial charge in [-0.1, -0.05) is 13.3 Å². The predicted octanol–water partition coefficient (Wildman–Crippen LogP) is 3.59. The highest BCUT2D eigenvalue weighted by molar-refractivity contribution is 5.29. The molecule has 0 atom stereocenters. The molecular weight excluding hydrogens is 186 g/mol. The molecule has 0 aliphatic carbocycles. The summed E-state index contributed by atoms with van der Waals surface area (Å²) in [7, 11) is 1.51. The van der Waals surface area contributed by atoms with Gasteiger partial charge in [-0.05, 0) is 24.3 Å². The summed E-state index contributed by atoms with van der Waals surface area (Å²) in [6, 6.07) is 5.93. The number of benzene rings is 1. The first-order valence-corrected chi connectivity index (χ1v) is 4.62. The van der Waals surface area contributed by atoms with Crippen molar-refractivity contribution in [3.05, 3.63) is 29.8 Å². The van der Waals surface area contributed by atoms with Crippen LogP contribution in [0.5, 0.6) is 5.75 Å². The fourth-order valence-corrected chi connectivity index (χ4v) is 1.29. The van der Waals surface area contributed by atoms with E-state index < -0.39 is 5.92 Å². The lowest BCUT2D eigenvalue weighted by Crippen LogP contribution is -2.12. The minimum atomic E-state index is -2.72. The predicted molar refractivity (Wildman–Crippen MR) is 51.8 cm³/mol. The van der Waals surface area contributed by atoms with Crippen molar-refractivity contribution in [3.8, 4) is 5.75 Å². The van der Waals surface area contributed by atoms with Crippen molar-refractivity contribution in [2.75, 3.05) is 7.11 Å². The van der Waals surface area contributed by atoms with Crippen molar-refractivity contribution in [1.29, 1.82) is 0 Å². The first-order chi connectivity index (χ1) is 6.60. The maximum Gasteiger partial charge on any atom is 0.273 e. The van der Waals surface area contributed by atoms with Crippen molar-refractivity contribution in [2.45, 2.75) is 25.7 Å². The van der Waals surface area contributed by atoms with Gasteiger partial charge in [0.05, 0.1) is 7.11 Å². The van der Waals surface area contributed by atoms with Gasteiger partial charge >= 0.3 is 0 Å². The van der Waals surface area contributed by atoms with Crippen molar-refractivity contribution in [1.82, 2.24) is 0 Å². The van der Waals surface area contributed by atoms with Gasteiger partial charge in [0.25, 0.3) is 5.92 Å². The van der Waals surface area contributed by atoms with E-state index in [2.05, 4.69) is 0 Å². The van der Waals surface area contributed by atoms with E-state index in [1.165, 1.54) is 19.2 Å². The molecule has 0 bridgehead atoms. The SMILES string of the molecule is CCCC(F)(F)c1ccc(OC)cc1. The molecule has 0 saturated carbocycles. The molecule has 0 unspecified atom stereocenters. The number of hydrogen-bond acceptors (Lipinski definition) is 1. The molecule has 0 amide bonds. The third-order valence-corrected chi connectivity index (χ3v) is 2.08. The van der Waals surface area contributed by atoms with Gasteiger partial charge in [-0.2, -0.15) is 0 Å². The maximum atomic E-state index is 13.4. The number of rotatable bonds is 4. The van der Waals surface area contributed by atoms with E-state index >= 15 is 0 Å². The Kier molecular flexibility index (Phi) is 3.44. The van der Waals surface area contributed by atoms with Gasteiger partial charge in [0.15, 0.2) is 0 Å². The van der Waals surface area contributed by atoms with E-state index in [4.69, 9.17) is 4.74 Å². The highest BCUT2D eigenvalue weighted by Crippen LogP contribution is 2.33. The molecule has 0 aliphatic heterocycles. The second kappa shape index (κ2) is 4.40. The number of ether oxygens (including phenoxy) is 1. The van der Waals surface area contributed by atoms with Gasteiger partial charge < -0.3 is 4.74 Å². The molecule has 14 heavy (non-hydrogen) atoms. The van der Waals surface area contributed by atoms with Gasteiger partial charge in [0, 0.05) is 12.0 Å². The molecule has 0 spiro atoms. The van der Waals surface area contributed by atoms with Crippen LogP contribution in [0.2, 0.25) is 0 Å². The Hall–Kier alpha value is -1.12. The highest BCUT2D eigenvalue weighted by Gasteiger charge is 2.29. The Bertz CT molecular complexity index is 280. The third-order valence-electron chi connectivity index (χ3n) is 2.08. The summed E-state index contributed by atoms with van der Waals surface area (Å²) in [6.07, 6.45) is 0.359. The van der Waals surface area contributed by atoms with E-state index in [0.717, 1.165) is 0 Å². The van der Waals surface area contributed by atoms with E-state index in [1.807, 2.05) is 0 Å². The Balaban J connectivity index is 2.85. The lowest BCUT2D eigenvalue weighted by Gasteiger charge is -2.15. The fraction of sp³-hybridized carbons (Fsp3) is 0.455. The Morgan fingerprint density at radius 1 is 1.21 bits per heavy atom. The van der Waals surface area contributed by atoms with E-state index in [0.29, 0.717) is 12.2 Å². The van der Waals surface area contributed by atoms with Crippen LogP contribution < -0.4 is 4.74 Å². The maximum absolute atomic E-state index is 13.4. The zero-order chi connectivity index (χ0) is 10.6. The third kappa shape index (κ3) is 2.44. The standard InChI is InChI=1S/C11H14F2O/c1-3-8-11(12,13)9-4-6-10(14-2)7-5-9/h4-7H,3,8H2,1-2H3. The summed E-state index contributed by atoms with van der Waals surface area (Å²) in [5.41, 5.74) is 0.0557. The van der Waals surface area contributed by atoms with E-state index in [-0.39, 0.29) is 12.0 Å². The van der Waals surface area contributed by atoms with Crippen LogP contribution in [-0.2, 0) is 5.92 Å². The molecule has 0 aromatic heterocycles. The number of hydrogen-bond donors (Lipinski definition) is 0.